The van der Waals surface area contributed by atoms with Crippen molar-refractivity contribution < 1.29 is 4.39 Å². The van der Waals surface area contributed by atoms with Crippen LogP contribution in [0.1, 0.15) is 5.82 Å². The summed E-state index contributed by atoms with van der Waals surface area (Å²) >= 11 is 5.85. The molecular weight excluding hydrogens is 205 g/mol. The van der Waals surface area contributed by atoms with Crippen molar-refractivity contribution in [2.75, 3.05) is 6.54 Å². The van der Waals surface area contributed by atoms with E-state index in [0.29, 0.717) is 23.6 Å². The Balaban J connectivity index is 2.65. The molecule has 0 saturated heterocycles. The molecule has 2 aromatic heterocycles. The molecule has 2 rings (SSSR count). The molecule has 0 fully saturated rings. The lowest BCUT2D eigenvalue weighted by molar-refractivity contribution is 0.626. The van der Waals surface area contributed by atoms with Gasteiger partial charge in [0.05, 0.1) is 5.52 Å². The Bertz CT molecular complexity index is 466. The summed E-state index contributed by atoms with van der Waals surface area (Å²) in [5, 5.41) is 0.313. The van der Waals surface area contributed by atoms with Crippen LogP contribution in [0.5, 0.6) is 0 Å². The molecule has 5 heteroatoms. The van der Waals surface area contributed by atoms with E-state index in [4.69, 9.17) is 17.3 Å². The molecule has 0 bridgehead atoms. The lowest BCUT2D eigenvalue weighted by Gasteiger charge is -1.98. The molecule has 2 N–H and O–H groups in total. The van der Waals surface area contributed by atoms with Crippen LogP contribution in [-0.2, 0) is 6.42 Å². The summed E-state index contributed by atoms with van der Waals surface area (Å²) in [6.45, 7) is 0.493. The average molecular weight is 214 g/mol. The zero-order valence-corrected chi connectivity index (χ0v) is 8.13. The molecule has 3 nitrogen and oxygen atoms in total. The quantitative estimate of drug-likeness (QED) is 0.824. The molecule has 0 aliphatic carbocycles. The predicted molar refractivity (Wildman–Crippen MR) is 52.9 cm³/mol. The van der Waals surface area contributed by atoms with E-state index in [1.807, 2.05) is 0 Å². The first-order valence-electron chi connectivity index (χ1n) is 4.24. The van der Waals surface area contributed by atoms with Gasteiger partial charge in [-0.15, -0.1) is 0 Å². The number of hydrogen-bond donors (Lipinski definition) is 1. The first-order valence-corrected chi connectivity index (χ1v) is 4.62. The molecule has 14 heavy (non-hydrogen) atoms. The van der Waals surface area contributed by atoms with Crippen LogP contribution in [0.4, 0.5) is 4.39 Å². The van der Waals surface area contributed by atoms with Gasteiger partial charge in [-0.1, -0.05) is 11.6 Å². The number of rotatable bonds is 2. The first-order chi connectivity index (χ1) is 6.72. The number of aromatic nitrogens is 2. The molecule has 2 aromatic rings. The number of nitrogens with two attached hydrogens (primary N) is 1. The van der Waals surface area contributed by atoms with E-state index in [2.05, 4.69) is 4.98 Å². The van der Waals surface area contributed by atoms with Gasteiger partial charge in [0.15, 0.2) is 5.15 Å². The number of fused-ring (bicyclic) bond motifs is 1. The summed E-state index contributed by atoms with van der Waals surface area (Å²) in [5.41, 5.74) is 6.00. The van der Waals surface area contributed by atoms with Crippen molar-refractivity contribution in [3.05, 3.63) is 35.1 Å². The van der Waals surface area contributed by atoms with E-state index in [9.17, 15) is 4.39 Å². The molecule has 0 unspecified atom stereocenters. The van der Waals surface area contributed by atoms with Crippen LogP contribution < -0.4 is 5.73 Å². The molecule has 74 valence electrons. The fourth-order valence-corrected chi connectivity index (χ4v) is 1.63. The number of imidazole rings is 1. The summed E-state index contributed by atoms with van der Waals surface area (Å²) in [7, 11) is 0. The van der Waals surface area contributed by atoms with E-state index in [1.165, 1.54) is 12.1 Å². The number of halogens is 2. The number of pyridine rings is 1. The summed E-state index contributed by atoms with van der Waals surface area (Å²) < 4.78 is 14.6. The van der Waals surface area contributed by atoms with E-state index in [1.54, 1.807) is 10.6 Å². The third kappa shape index (κ3) is 1.47. The number of nitrogens with zero attached hydrogens (tertiary/aromatic N) is 2. The third-order valence-electron chi connectivity index (χ3n) is 2.00. The largest absolute Gasteiger partial charge is 0.330 e. The highest BCUT2D eigenvalue weighted by atomic mass is 35.5. The van der Waals surface area contributed by atoms with Crippen molar-refractivity contribution in [1.82, 2.24) is 9.38 Å². The SMILES string of the molecule is NCCc1nc(Cl)c2cc(F)ccn12. The van der Waals surface area contributed by atoms with Gasteiger partial charge in [-0.25, -0.2) is 9.37 Å². The van der Waals surface area contributed by atoms with Crippen molar-refractivity contribution >= 4 is 17.1 Å². The fraction of sp³-hybridized carbons (Fsp3) is 0.222. The van der Waals surface area contributed by atoms with Gasteiger partial charge < -0.3 is 10.1 Å². The van der Waals surface area contributed by atoms with Gasteiger partial charge in [0.25, 0.3) is 0 Å². The highest BCUT2D eigenvalue weighted by Gasteiger charge is 2.08. The van der Waals surface area contributed by atoms with Crippen molar-refractivity contribution in [2.24, 2.45) is 5.73 Å². The van der Waals surface area contributed by atoms with Crippen LogP contribution in [-0.4, -0.2) is 15.9 Å². The summed E-state index contributed by atoms with van der Waals surface area (Å²) in [4.78, 5) is 4.10. The Morgan fingerprint density at radius 3 is 3.07 bits per heavy atom. The predicted octanol–water partition coefficient (Wildman–Crippen LogP) is 1.63. The molecule has 0 atom stereocenters. The summed E-state index contributed by atoms with van der Waals surface area (Å²) in [6.07, 6.45) is 2.23. The maximum Gasteiger partial charge on any atom is 0.155 e. The van der Waals surface area contributed by atoms with E-state index < -0.39 is 0 Å². The Labute approximate surface area is 85.3 Å². The Kier molecular flexibility index (Phi) is 2.39. The molecule has 0 spiro atoms. The van der Waals surface area contributed by atoms with Gasteiger partial charge in [-0.05, 0) is 12.6 Å². The van der Waals surface area contributed by atoms with Gasteiger partial charge in [-0.2, -0.15) is 0 Å². The van der Waals surface area contributed by atoms with Crippen LogP contribution in [0.25, 0.3) is 5.52 Å². The van der Waals surface area contributed by atoms with E-state index >= 15 is 0 Å². The van der Waals surface area contributed by atoms with Gasteiger partial charge in [0, 0.05) is 18.7 Å². The lowest BCUT2D eigenvalue weighted by Crippen LogP contribution is -2.06. The highest BCUT2D eigenvalue weighted by molar-refractivity contribution is 6.32. The first kappa shape index (κ1) is 9.43. The van der Waals surface area contributed by atoms with Crippen LogP contribution in [0.2, 0.25) is 5.15 Å². The van der Waals surface area contributed by atoms with Crippen LogP contribution in [0.3, 0.4) is 0 Å². The zero-order valence-electron chi connectivity index (χ0n) is 7.37. The van der Waals surface area contributed by atoms with Gasteiger partial charge >= 0.3 is 0 Å². The molecule has 2 heterocycles. The van der Waals surface area contributed by atoms with Crippen LogP contribution in [0.15, 0.2) is 18.3 Å². The maximum absolute atomic E-state index is 12.9. The lowest BCUT2D eigenvalue weighted by atomic mass is 10.4. The minimum absolute atomic E-state index is 0.313. The van der Waals surface area contributed by atoms with E-state index in [0.717, 1.165) is 5.82 Å². The normalized spacial score (nSPS) is 11.1. The van der Waals surface area contributed by atoms with Gasteiger partial charge in [0.1, 0.15) is 11.6 Å². The van der Waals surface area contributed by atoms with Crippen LogP contribution >= 0.6 is 11.6 Å². The third-order valence-corrected chi connectivity index (χ3v) is 2.28. The average Bonchev–Trinajstić information content (AvgIpc) is 2.44. The van der Waals surface area contributed by atoms with Gasteiger partial charge in [0.2, 0.25) is 0 Å². The van der Waals surface area contributed by atoms with Crippen molar-refractivity contribution in [3.8, 4) is 0 Å². The fourth-order valence-electron chi connectivity index (χ4n) is 1.39. The Morgan fingerprint density at radius 1 is 1.57 bits per heavy atom. The summed E-state index contributed by atoms with van der Waals surface area (Å²) in [5.74, 6) is 0.436. The smallest absolute Gasteiger partial charge is 0.155 e. The highest BCUT2D eigenvalue weighted by Crippen LogP contribution is 2.19. The second-order valence-electron chi connectivity index (χ2n) is 2.96. The second kappa shape index (κ2) is 3.55. The summed E-state index contributed by atoms with van der Waals surface area (Å²) in [6, 6.07) is 2.72. The van der Waals surface area contributed by atoms with E-state index in [-0.39, 0.29) is 5.82 Å². The molecule has 0 aliphatic heterocycles. The number of hydrogen-bond acceptors (Lipinski definition) is 2. The minimum atomic E-state index is -0.321. The topological polar surface area (TPSA) is 43.3 Å². The minimum Gasteiger partial charge on any atom is -0.330 e. The van der Waals surface area contributed by atoms with Crippen molar-refractivity contribution in [1.29, 1.82) is 0 Å². The maximum atomic E-state index is 12.9. The van der Waals surface area contributed by atoms with Crippen molar-refractivity contribution in [3.63, 3.8) is 0 Å². The molecular formula is C9H9ClFN3. The molecule has 0 aliphatic rings. The Morgan fingerprint density at radius 2 is 2.36 bits per heavy atom. The van der Waals surface area contributed by atoms with Crippen molar-refractivity contribution in [2.45, 2.75) is 6.42 Å². The standard InChI is InChI=1S/C9H9ClFN3/c10-9-7-5-6(11)2-4-14(7)8(13-9)1-3-12/h2,4-5H,1,3,12H2. The zero-order chi connectivity index (χ0) is 10.1. The Hall–Kier alpha value is -1.13. The monoisotopic (exact) mass is 213 g/mol. The molecule has 0 amide bonds. The van der Waals surface area contributed by atoms with Gasteiger partial charge in [-0.3, -0.25) is 0 Å². The second-order valence-corrected chi connectivity index (χ2v) is 3.32. The van der Waals surface area contributed by atoms with Crippen LogP contribution in [0, 0.1) is 5.82 Å². The molecule has 0 saturated carbocycles. The molecule has 0 radical (unpaired) electrons. The molecule has 0 aromatic carbocycles.